The van der Waals surface area contributed by atoms with Gasteiger partial charge in [0.05, 0.1) is 6.61 Å². The topological polar surface area (TPSA) is 44.8 Å². The van der Waals surface area contributed by atoms with E-state index in [1.807, 2.05) is 48.5 Å². The second kappa shape index (κ2) is 7.01. The van der Waals surface area contributed by atoms with E-state index in [4.69, 9.17) is 14.2 Å². The number of benzene rings is 2. The predicted octanol–water partition coefficient (Wildman–Crippen LogP) is 3.60. The van der Waals surface area contributed by atoms with Gasteiger partial charge in [0.1, 0.15) is 18.1 Å². The lowest BCUT2D eigenvalue weighted by molar-refractivity contribution is -0.149. The van der Waals surface area contributed by atoms with Gasteiger partial charge < -0.3 is 14.2 Å². The van der Waals surface area contributed by atoms with Gasteiger partial charge in [-0.1, -0.05) is 36.4 Å². The molecule has 2 aromatic rings. The summed E-state index contributed by atoms with van der Waals surface area (Å²) >= 11 is 0. The van der Waals surface area contributed by atoms with Crippen molar-refractivity contribution in [3.8, 4) is 11.5 Å². The molecule has 1 aliphatic rings. The van der Waals surface area contributed by atoms with Crippen molar-refractivity contribution in [2.45, 2.75) is 19.6 Å². The van der Waals surface area contributed by atoms with E-state index in [9.17, 15) is 4.79 Å². The van der Waals surface area contributed by atoms with Crippen LogP contribution in [0, 0.1) is 0 Å². The molecule has 23 heavy (non-hydrogen) atoms. The molecule has 1 atom stereocenters. The van der Waals surface area contributed by atoms with Crippen LogP contribution in [0.5, 0.6) is 11.5 Å². The summed E-state index contributed by atoms with van der Waals surface area (Å²) in [5, 5.41) is 0. The van der Waals surface area contributed by atoms with Crippen LogP contribution in [0.4, 0.5) is 0 Å². The van der Waals surface area contributed by atoms with Crippen molar-refractivity contribution in [2.24, 2.45) is 0 Å². The van der Waals surface area contributed by atoms with E-state index in [0.29, 0.717) is 24.7 Å². The molecule has 0 spiro atoms. The maximum atomic E-state index is 11.8. The molecule has 1 heterocycles. The van der Waals surface area contributed by atoms with Crippen LogP contribution in [-0.2, 0) is 16.1 Å². The van der Waals surface area contributed by atoms with Gasteiger partial charge in [-0.3, -0.25) is 0 Å². The van der Waals surface area contributed by atoms with Crippen LogP contribution < -0.4 is 9.47 Å². The predicted molar refractivity (Wildman–Crippen MR) is 87.3 cm³/mol. The Kier molecular flexibility index (Phi) is 4.62. The largest absolute Gasteiger partial charge is 0.489 e. The SMILES string of the molecule is CCOC(=O)C1C=Cc2ccc(OCc3ccccc3)cc2O1. The molecule has 118 valence electrons. The molecule has 2 aromatic carbocycles. The van der Waals surface area contributed by atoms with Crippen molar-refractivity contribution < 1.29 is 19.0 Å². The summed E-state index contributed by atoms with van der Waals surface area (Å²) in [4.78, 5) is 11.8. The lowest BCUT2D eigenvalue weighted by Crippen LogP contribution is -2.29. The molecule has 0 aliphatic carbocycles. The molecule has 0 aromatic heterocycles. The monoisotopic (exact) mass is 310 g/mol. The zero-order valence-electron chi connectivity index (χ0n) is 12.9. The fraction of sp³-hybridized carbons (Fsp3) is 0.211. The molecule has 0 N–H and O–H groups in total. The first-order valence-electron chi connectivity index (χ1n) is 7.58. The smallest absolute Gasteiger partial charge is 0.351 e. The number of hydrogen-bond acceptors (Lipinski definition) is 4. The van der Waals surface area contributed by atoms with Gasteiger partial charge in [-0.05, 0) is 30.7 Å². The number of ether oxygens (including phenoxy) is 3. The Morgan fingerprint density at radius 1 is 1.17 bits per heavy atom. The average molecular weight is 310 g/mol. The molecule has 0 radical (unpaired) electrons. The van der Waals surface area contributed by atoms with Gasteiger partial charge in [-0.25, -0.2) is 4.79 Å². The summed E-state index contributed by atoms with van der Waals surface area (Å²) in [5.74, 6) is 0.937. The van der Waals surface area contributed by atoms with Crippen LogP contribution in [0.25, 0.3) is 6.08 Å². The molecule has 4 heteroatoms. The summed E-state index contributed by atoms with van der Waals surface area (Å²) in [5.41, 5.74) is 2.01. The molecule has 3 rings (SSSR count). The Balaban J connectivity index is 1.69. The molecular formula is C19H18O4. The molecule has 4 nitrogen and oxygen atoms in total. The number of hydrogen-bond donors (Lipinski definition) is 0. The highest BCUT2D eigenvalue weighted by molar-refractivity contribution is 5.80. The van der Waals surface area contributed by atoms with Gasteiger partial charge in [-0.15, -0.1) is 0 Å². The second-order valence-corrected chi connectivity index (χ2v) is 5.12. The second-order valence-electron chi connectivity index (χ2n) is 5.12. The van der Waals surface area contributed by atoms with E-state index in [1.54, 1.807) is 19.1 Å². The Morgan fingerprint density at radius 2 is 2.00 bits per heavy atom. The maximum Gasteiger partial charge on any atom is 0.351 e. The van der Waals surface area contributed by atoms with E-state index in [1.165, 1.54) is 0 Å². The molecule has 1 aliphatic heterocycles. The quantitative estimate of drug-likeness (QED) is 0.792. The van der Waals surface area contributed by atoms with Crippen LogP contribution in [0.3, 0.4) is 0 Å². The van der Waals surface area contributed by atoms with Crippen molar-refractivity contribution >= 4 is 12.0 Å². The zero-order chi connectivity index (χ0) is 16.1. The minimum absolute atomic E-state index is 0.333. The van der Waals surface area contributed by atoms with Gasteiger partial charge in [0.2, 0.25) is 6.10 Å². The number of esters is 1. The standard InChI is InChI=1S/C19H18O4/c1-2-21-19(20)17-11-9-15-8-10-16(12-18(15)23-17)22-13-14-6-4-3-5-7-14/h3-12,17H,2,13H2,1H3. The number of rotatable bonds is 5. The number of carbonyl (C=O) groups is 1. The lowest BCUT2D eigenvalue weighted by atomic mass is 10.1. The molecule has 0 amide bonds. The Bertz CT molecular complexity index is 707. The minimum Gasteiger partial charge on any atom is -0.489 e. The normalized spacial score (nSPS) is 15.4. The fourth-order valence-corrected chi connectivity index (χ4v) is 2.30. The summed E-state index contributed by atoms with van der Waals surface area (Å²) in [6.45, 7) is 2.59. The van der Waals surface area contributed by atoms with Crippen LogP contribution in [0.15, 0.2) is 54.6 Å². The van der Waals surface area contributed by atoms with Crippen molar-refractivity contribution in [1.29, 1.82) is 0 Å². The molecule has 1 unspecified atom stereocenters. The Hall–Kier alpha value is -2.75. The van der Waals surface area contributed by atoms with Gasteiger partial charge in [0.25, 0.3) is 0 Å². The van der Waals surface area contributed by atoms with Gasteiger partial charge in [0, 0.05) is 11.6 Å². The molecule has 0 bridgehead atoms. The number of fused-ring (bicyclic) bond motifs is 1. The first kappa shape index (κ1) is 15.2. The Labute approximate surface area is 135 Å². The van der Waals surface area contributed by atoms with Crippen molar-refractivity contribution in [2.75, 3.05) is 6.61 Å². The van der Waals surface area contributed by atoms with Gasteiger partial charge in [-0.2, -0.15) is 0 Å². The highest BCUT2D eigenvalue weighted by Gasteiger charge is 2.23. The summed E-state index contributed by atoms with van der Waals surface area (Å²) in [6.07, 6.45) is 2.86. The van der Waals surface area contributed by atoms with E-state index < -0.39 is 6.10 Å². The third-order valence-electron chi connectivity index (χ3n) is 3.46. The maximum absolute atomic E-state index is 11.8. The zero-order valence-corrected chi connectivity index (χ0v) is 12.9. The van der Waals surface area contributed by atoms with Gasteiger partial charge in [0.15, 0.2) is 0 Å². The van der Waals surface area contributed by atoms with Crippen LogP contribution >= 0.6 is 0 Å². The fourth-order valence-electron chi connectivity index (χ4n) is 2.30. The highest BCUT2D eigenvalue weighted by Crippen LogP contribution is 2.30. The average Bonchev–Trinajstić information content (AvgIpc) is 2.60. The van der Waals surface area contributed by atoms with Crippen LogP contribution in [-0.4, -0.2) is 18.7 Å². The number of carbonyl (C=O) groups excluding carboxylic acids is 1. The minimum atomic E-state index is -0.702. The van der Waals surface area contributed by atoms with Crippen molar-refractivity contribution in [3.63, 3.8) is 0 Å². The van der Waals surface area contributed by atoms with E-state index in [2.05, 4.69) is 0 Å². The van der Waals surface area contributed by atoms with E-state index in [0.717, 1.165) is 11.1 Å². The highest BCUT2D eigenvalue weighted by atomic mass is 16.6. The van der Waals surface area contributed by atoms with Crippen LogP contribution in [0.1, 0.15) is 18.1 Å². The first-order valence-corrected chi connectivity index (χ1v) is 7.58. The molecule has 0 fully saturated rings. The molecule has 0 saturated carbocycles. The molecular weight excluding hydrogens is 292 g/mol. The third kappa shape index (κ3) is 3.72. The van der Waals surface area contributed by atoms with Crippen LogP contribution in [0.2, 0.25) is 0 Å². The summed E-state index contributed by atoms with van der Waals surface area (Å²) < 4.78 is 16.5. The third-order valence-corrected chi connectivity index (χ3v) is 3.46. The molecule has 0 saturated heterocycles. The van der Waals surface area contributed by atoms with E-state index in [-0.39, 0.29) is 5.97 Å². The van der Waals surface area contributed by atoms with Crippen molar-refractivity contribution in [1.82, 2.24) is 0 Å². The Morgan fingerprint density at radius 3 is 2.78 bits per heavy atom. The summed E-state index contributed by atoms with van der Waals surface area (Å²) in [7, 11) is 0. The summed E-state index contributed by atoms with van der Waals surface area (Å²) in [6, 6.07) is 15.5. The first-order chi connectivity index (χ1) is 11.3. The van der Waals surface area contributed by atoms with Gasteiger partial charge >= 0.3 is 5.97 Å². The van der Waals surface area contributed by atoms with Crippen molar-refractivity contribution in [3.05, 3.63) is 65.7 Å². The lowest BCUT2D eigenvalue weighted by Gasteiger charge is -2.20. The van der Waals surface area contributed by atoms with E-state index >= 15 is 0 Å².